The monoisotopic (exact) mass is 224 g/mol. The van der Waals surface area contributed by atoms with Crippen molar-refractivity contribution in [3.05, 3.63) is 18.2 Å². The number of aromatic nitrogens is 2. The standard InChI is InChI=1S/C11H20N4O/c1-3-4-13-7-10-14-5-6-15(10)8-9(2)11(12)16/h5-6,9,13H,3-4,7-8H2,1-2H3,(H2,12,16). The molecule has 0 aliphatic heterocycles. The topological polar surface area (TPSA) is 72.9 Å². The normalized spacial score (nSPS) is 12.6. The quantitative estimate of drug-likeness (QED) is 0.663. The molecular formula is C11H20N4O. The molecule has 1 amide bonds. The fraction of sp³-hybridized carbons (Fsp3) is 0.636. The van der Waals surface area contributed by atoms with Crippen LogP contribution in [0.4, 0.5) is 0 Å². The van der Waals surface area contributed by atoms with Crippen LogP contribution in [0.2, 0.25) is 0 Å². The molecule has 1 aromatic heterocycles. The van der Waals surface area contributed by atoms with Gasteiger partial charge in [0.2, 0.25) is 5.91 Å². The van der Waals surface area contributed by atoms with Crippen LogP contribution >= 0.6 is 0 Å². The van der Waals surface area contributed by atoms with Gasteiger partial charge in [0.1, 0.15) is 5.82 Å². The van der Waals surface area contributed by atoms with Crippen molar-refractivity contribution >= 4 is 5.91 Å². The van der Waals surface area contributed by atoms with Gasteiger partial charge in [0.15, 0.2) is 0 Å². The number of nitrogens with zero attached hydrogens (tertiary/aromatic N) is 2. The predicted molar refractivity (Wildman–Crippen MR) is 62.6 cm³/mol. The number of carbonyl (C=O) groups is 1. The SMILES string of the molecule is CCCNCc1nccn1CC(C)C(N)=O. The van der Waals surface area contributed by atoms with Crippen molar-refractivity contribution in [1.82, 2.24) is 14.9 Å². The highest BCUT2D eigenvalue weighted by atomic mass is 16.1. The van der Waals surface area contributed by atoms with Crippen molar-refractivity contribution in [2.75, 3.05) is 6.54 Å². The second kappa shape index (κ2) is 6.27. The largest absolute Gasteiger partial charge is 0.369 e. The van der Waals surface area contributed by atoms with Crippen LogP contribution in [0.25, 0.3) is 0 Å². The molecule has 0 aromatic carbocycles. The van der Waals surface area contributed by atoms with E-state index < -0.39 is 0 Å². The molecule has 1 aromatic rings. The number of rotatable bonds is 7. The molecule has 0 bridgehead atoms. The highest BCUT2D eigenvalue weighted by molar-refractivity contribution is 5.76. The van der Waals surface area contributed by atoms with Crippen LogP contribution in [0.15, 0.2) is 12.4 Å². The van der Waals surface area contributed by atoms with Gasteiger partial charge in [-0.2, -0.15) is 0 Å². The van der Waals surface area contributed by atoms with Crippen LogP contribution in [0.3, 0.4) is 0 Å². The van der Waals surface area contributed by atoms with Crippen LogP contribution in [0.1, 0.15) is 26.1 Å². The molecule has 90 valence electrons. The minimum Gasteiger partial charge on any atom is -0.369 e. The summed E-state index contributed by atoms with van der Waals surface area (Å²) in [5.74, 6) is 0.502. The van der Waals surface area contributed by atoms with Gasteiger partial charge in [-0.15, -0.1) is 0 Å². The molecule has 1 atom stereocenters. The molecule has 16 heavy (non-hydrogen) atoms. The van der Waals surface area contributed by atoms with Crippen molar-refractivity contribution in [3.8, 4) is 0 Å². The molecule has 5 heteroatoms. The molecule has 0 radical (unpaired) electrons. The molecule has 0 saturated heterocycles. The summed E-state index contributed by atoms with van der Waals surface area (Å²) in [7, 11) is 0. The summed E-state index contributed by atoms with van der Waals surface area (Å²) in [6.45, 7) is 6.24. The Hall–Kier alpha value is -1.36. The van der Waals surface area contributed by atoms with E-state index in [1.54, 1.807) is 6.20 Å². The number of nitrogens with one attached hydrogen (secondary N) is 1. The van der Waals surface area contributed by atoms with Gasteiger partial charge in [0, 0.05) is 18.9 Å². The molecule has 1 rings (SSSR count). The maximum atomic E-state index is 11.0. The second-order valence-electron chi connectivity index (χ2n) is 3.98. The Balaban J connectivity index is 2.53. The van der Waals surface area contributed by atoms with Crippen LogP contribution in [0.5, 0.6) is 0 Å². The molecule has 0 spiro atoms. The lowest BCUT2D eigenvalue weighted by Gasteiger charge is -2.11. The van der Waals surface area contributed by atoms with E-state index in [4.69, 9.17) is 5.73 Å². The van der Waals surface area contributed by atoms with E-state index in [1.807, 2.05) is 17.7 Å². The average molecular weight is 224 g/mol. The van der Waals surface area contributed by atoms with Gasteiger partial charge in [0.05, 0.1) is 12.5 Å². The number of amides is 1. The molecule has 0 aliphatic rings. The third-order valence-electron chi connectivity index (χ3n) is 2.47. The summed E-state index contributed by atoms with van der Waals surface area (Å²) < 4.78 is 1.97. The summed E-state index contributed by atoms with van der Waals surface area (Å²) >= 11 is 0. The molecular weight excluding hydrogens is 204 g/mol. The molecule has 0 saturated carbocycles. The Morgan fingerprint density at radius 2 is 2.44 bits per heavy atom. The maximum absolute atomic E-state index is 11.0. The van der Waals surface area contributed by atoms with E-state index in [-0.39, 0.29) is 11.8 Å². The highest BCUT2D eigenvalue weighted by Gasteiger charge is 2.11. The molecule has 0 aliphatic carbocycles. The number of primary amides is 1. The molecule has 0 fully saturated rings. The lowest BCUT2D eigenvalue weighted by Crippen LogP contribution is -2.26. The number of hydrogen-bond acceptors (Lipinski definition) is 3. The Kier molecular flexibility index (Phi) is 4.98. The average Bonchev–Trinajstić information content (AvgIpc) is 2.66. The minimum absolute atomic E-state index is 0.167. The zero-order valence-electron chi connectivity index (χ0n) is 9.94. The van der Waals surface area contributed by atoms with Crippen molar-refractivity contribution in [2.24, 2.45) is 11.7 Å². The Morgan fingerprint density at radius 1 is 1.69 bits per heavy atom. The van der Waals surface area contributed by atoms with E-state index in [0.29, 0.717) is 6.54 Å². The Labute approximate surface area is 96.0 Å². The van der Waals surface area contributed by atoms with Gasteiger partial charge in [-0.05, 0) is 13.0 Å². The third kappa shape index (κ3) is 3.66. The van der Waals surface area contributed by atoms with Gasteiger partial charge in [-0.3, -0.25) is 4.79 Å². The summed E-state index contributed by atoms with van der Waals surface area (Å²) in [5.41, 5.74) is 5.24. The predicted octanol–water partition coefficient (Wildman–Crippen LogP) is 0.504. The van der Waals surface area contributed by atoms with Crippen LogP contribution in [0, 0.1) is 5.92 Å². The van der Waals surface area contributed by atoms with Gasteiger partial charge >= 0.3 is 0 Å². The lowest BCUT2D eigenvalue weighted by molar-refractivity contribution is -0.121. The minimum atomic E-state index is -0.277. The van der Waals surface area contributed by atoms with Crippen LogP contribution in [-0.2, 0) is 17.9 Å². The zero-order chi connectivity index (χ0) is 12.0. The van der Waals surface area contributed by atoms with Gasteiger partial charge in [-0.1, -0.05) is 13.8 Å². The first-order valence-corrected chi connectivity index (χ1v) is 5.65. The number of hydrogen-bond donors (Lipinski definition) is 2. The van der Waals surface area contributed by atoms with E-state index in [0.717, 1.165) is 25.3 Å². The van der Waals surface area contributed by atoms with Crippen molar-refractivity contribution in [3.63, 3.8) is 0 Å². The van der Waals surface area contributed by atoms with Crippen LogP contribution in [-0.4, -0.2) is 22.0 Å². The van der Waals surface area contributed by atoms with Gasteiger partial charge < -0.3 is 15.6 Å². The van der Waals surface area contributed by atoms with Crippen molar-refractivity contribution in [1.29, 1.82) is 0 Å². The molecule has 1 unspecified atom stereocenters. The molecule has 5 nitrogen and oxygen atoms in total. The fourth-order valence-corrected chi connectivity index (χ4v) is 1.44. The number of nitrogens with two attached hydrogens (primary N) is 1. The van der Waals surface area contributed by atoms with Crippen molar-refractivity contribution < 1.29 is 4.79 Å². The summed E-state index contributed by atoms with van der Waals surface area (Å²) in [6, 6.07) is 0. The zero-order valence-corrected chi connectivity index (χ0v) is 9.94. The first kappa shape index (κ1) is 12.7. The van der Waals surface area contributed by atoms with Crippen LogP contribution < -0.4 is 11.1 Å². The number of imidazole rings is 1. The third-order valence-corrected chi connectivity index (χ3v) is 2.47. The van der Waals surface area contributed by atoms with E-state index in [2.05, 4.69) is 17.2 Å². The van der Waals surface area contributed by atoms with E-state index in [9.17, 15) is 4.79 Å². The number of carbonyl (C=O) groups excluding carboxylic acids is 1. The summed E-state index contributed by atoms with van der Waals surface area (Å²) in [6.07, 6.45) is 4.72. The molecule has 1 heterocycles. The Bertz CT molecular complexity index is 334. The smallest absolute Gasteiger partial charge is 0.222 e. The summed E-state index contributed by atoms with van der Waals surface area (Å²) in [5, 5.41) is 3.28. The van der Waals surface area contributed by atoms with E-state index >= 15 is 0 Å². The Morgan fingerprint density at radius 3 is 3.06 bits per heavy atom. The fourth-order valence-electron chi connectivity index (χ4n) is 1.44. The maximum Gasteiger partial charge on any atom is 0.222 e. The van der Waals surface area contributed by atoms with Gasteiger partial charge in [-0.25, -0.2) is 4.98 Å². The van der Waals surface area contributed by atoms with E-state index in [1.165, 1.54) is 0 Å². The molecule has 3 N–H and O–H groups in total. The highest BCUT2D eigenvalue weighted by Crippen LogP contribution is 2.04. The lowest BCUT2D eigenvalue weighted by atomic mass is 10.2. The first-order valence-electron chi connectivity index (χ1n) is 5.65. The van der Waals surface area contributed by atoms with Gasteiger partial charge in [0.25, 0.3) is 0 Å². The summed E-state index contributed by atoms with van der Waals surface area (Å²) in [4.78, 5) is 15.2. The first-order chi connectivity index (χ1) is 7.65. The second-order valence-corrected chi connectivity index (χ2v) is 3.98. The van der Waals surface area contributed by atoms with Crippen molar-refractivity contribution in [2.45, 2.75) is 33.4 Å².